The van der Waals surface area contributed by atoms with Crippen LogP contribution >= 0.6 is 0 Å². The maximum Gasteiger partial charge on any atom is 0.0577 e. The van der Waals surface area contributed by atoms with E-state index in [1.165, 1.54) is 57.8 Å². The van der Waals surface area contributed by atoms with Crippen LogP contribution in [-0.4, -0.2) is 11.2 Å². The van der Waals surface area contributed by atoms with Gasteiger partial charge in [-0.25, -0.2) is 0 Å². The zero-order valence-electron chi connectivity index (χ0n) is 19.3. The molecule has 160 valence electrons. The minimum atomic E-state index is -0.0766. The number of rotatable bonds is 5. The minimum absolute atomic E-state index is 0.0766. The topological polar surface area (TPSA) is 20.2 Å². The summed E-state index contributed by atoms with van der Waals surface area (Å²) in [6.07, 6.45) is 17.2. The molecule has 1 nitrogen and oxygen atoms in total. The Morgan fingerprint density at radius 1 is 1.00 bits per heavy atom. The molecule has 0 spiro atoms. The van der Waals surface area contributed by atoms with Gasteiger partial charge in [0.15, 0.2) is 0 Å². The van der Waals surface area contributed by atoms with Gasteiger partial charge in [-0.1, -0.05) is 65.5 Å². The molecule has 28 heavy (non-hydrogen) atoms. The van der Waals surface area contributed by atoms with Crippen LogP contribution in [0, 0.1) is 46.3 Å². The van der Waals surface area contributed by atoms with Gasteiger partial charge in [-0.3, -0.25) is 0 Å². The Balaban J connectivity index is 1.49. The highest BCUT2D eigenvalue weighted by Crippen LogP contribution is 2.67. The van der Waals surface area contributed by atoms with Crippen LogP contribution in [0.4, 0.5) is 0 Å². The summed E-state index contributed by atoms with van der Waals surface area (Å²) < 4.78 is 0. The molecule has 0 heterocycles. The van der Waals surface area contributed by atoms with E-state index in [4.69, 9.17) is 0 Å². The number of aliphatic hydroxyl groups excluding tert-OH is 1. The molecule has 4 aliphatic rings. The maximum atomic E-state index is 10.2. The van der Waals surface area contributed by atoms with Crippen LogP contribution in [-0.2, 0) is 0 Å². The summed E-state index contributed by atoms with van der Waals surface area (Å²) in [5.41, 5.74) is 2.60. The molecule has 0 amide bonds. The molecule has 3 saturated carbocycles. The Kier molecular flexibility index (Phi) is 5.80. The highest BCUT2D eigenvalue weighted by molar-refractivity contribution is 5.25. The van der Waals surface area contributed by atoms with Gasteiger partial charge in [0.2, 0.25) is 0 Å². The number of hydrogen-bond acceptors (Lipinski definition) is 1. The SMILES string of the molecule is CC(C)CCC[C@H](C)[C@@H]1CC[C@@H]2[C@H]3CC=C4C[C@@H](O)CC[C@@]4(C)[C@@H]3CC[C@]21C. The maximum absolute atomic E-state index is 10.2. The van der Waals surface area contributed by atoms with Crippen molar-refractivity contribution in [2.24, 2.45) is 46.3 Å². The molecule has 4 rings (SSSR count). The Labute approximate surface area is 174 Å². The van der Waals surface area contributed by atoms with Crippen molar-refractivity contribution in [1.82, 2.24) is 0 Å². The molecule has 1 heteroatoms. The van der Waals surface area contributed by atoms with E-state index in [9.17, 15) is 5.11 Å². The Morgan fingerprint density at radius 3 is 2.54 bits per heavy atom. The Hall–Kier alpha value is -0.300. The van der Waals surface area contributed by atoms with E-state index in [0.717, 1.165) is 48.3 Å². The molecule has 3 fully saturated rings. The van der Waals surface area contributed by atoms with Crippen LogP contribution in [0.25, 0.3) is 0 Å². The molecule has 0 aromatic rings. The summed E-state index contributed by atoms with van der Waals surface area (Å²) in [5.74, 6) is 5.46. The van der Waals surface area contributed by atoms with Crippen molar-refractivity contribution >= 4 is 0 Å². The lowest BCUT2D eigenvalue weighted by atomic mass is 9.47. The van der Waals surface area contributed by atoms with Gasteiger partial charge in [0.05, 0.1) is 6.10 Å². The molecule has 0 aliphatic heterocycles. The number of aliphatic hydroxyl groups is 1. The van der Waals surface area contributed by atoms with E-state index >= 15 is 0 Å². The molecule has 0 bridgehead atoms. The van der Waals surface area contributed by atoms with Crippen molar-refractivity contribution in [2.75, 3.05) is 0 Å². The van der Waals surface area contributed by atoms with E-state index in [1.807, 2.05) is 0 Å². The highest BCUT2D eigenvalue weighted by atomic mass is 16.3. The van der Waals surface area contributed by atoms with Gasteiger partial charge in [-0.05, 0) is 97.7 Å². The van der Waals surface area contributed by atoms with Crippen molar-refractivity contribution in [3.05, 3.63) is 11.6 Å². The molecule has 0 saturated heterocycles. The quantitative estimate of drug-likeness (QED) is 0.488. The lowest BCUT2D eigenvalue weighted by Crippen LogP contribution is -2.50. The molecule has 1 N–H and O–H groups in total. The predicted molar refractivity (Wildman–Crippen MR) is 119 cm³/mol. The van der Waals surface area contributed by atoms with Crippen LogP contribution in [0.15, 0.2) is 11.6 Å². The number of allylic oxidation sites excluding steroid dienone is 1. The summed E-state index contributed by atoms with van der Waals surface area (Å²) in [4.78, 5) is 0. The average Bonchev–Trinajstić information content (AvgIpc) is 2.99. The summed E-state index contributed by atoms with van der Waals surface area (Å²) in [7, 11) is 0. The van der Waals surface area contributed by atoms with Crippen LogP contribution in [0.1, 0.15) is 105 Å². The van der Waals surface area contributed by atoms with Crippen molar-refractivity contribution in [2.45, 2.75) is 111 Å². The lowest BCUT2D eigenvalue weighted by molar-refractivity contribution is -0.0573. The fourth-order valence-electron chi connectivity index (χ4n) is 8.67. The minimum Gasteiger partial charge on any atom is -0.393 e. The second-order valence-electron chi connectivity index (χ2n) is 12.2. The van der Waals surface area contributed by atoms with Crippen LogP contribution in [0.2, 0.25) is 0 Å². The zero-order chi connectivity index (χ0) is 20.1. The van der Waals surface area contributed by atoms with Crippen LogP contribution < -0.4 is 0 Å². The van der Waals surface area contributed by atoms with E-state index in [1.54, 1.807) is 5.57 Å². The van der Waals surface area contributed by atoms with Crippen LogP contribution in [0.3, 0.4) is 0 Å². The fraction of sp³-hybridized carbons (Fsp3) is 0.926. The van der Waals surface area contributed by atoms with Crippen molar-refractivity contribution in [1.29, 1.82) is 0 Å². The Morgan fingerprint density at radius 2 is 1.79 bits per heavy atom. The second-order valence-corrected chi connectivity index (χ2v) is 12.2. The fourth-order valence-corrected chi connectivity index (χ4v) is 8.67. The molecule has 0 aromatic heterocycles. The first-order valence-electron chi connectivity index (χ1n) is 12.6. The largest absolute Gasteiger partial charge is 0.393 e. The third kappa shape index (κ3) is 3.42. The molecule has 8 atom stereocenters. The molecule has 0 aromatic carbocycles. The van der Waals surface area contributed by atoms with E-state index in [-0.39, 0.29) is 6.10 Å². The third-order valence-electron chi connectivity index (χ3n) is 10.3. The second kappa shape index (κ2) is 7.75. The Bertz CT molecular complexity index is 591. The first-order valence-corrected chi connectivity index (χ1v) is 12.6. The van der Waals surface area contributed by atoms with Gasteiger partial charge in [0, 0.05) is 0 Å². The third-order valence-corrected chi connectivity index (χ3v) is 10.3. The van der Waals surface area contributed by atoms with Crippen molar-refractivity contribution in [3.8, 4) is 0 Å². The number of hydrogen-bond donors (Lipinski definition) is 1. The average molecular weight is 387 g/mol. The van der Waals surface area contributed by atoms with Gasteiger partial charge in [-0.15, -0.1) is 0 Å². The smallest absolute Gasteiger partial charge is 0.0577 e. The normalized spacial score (nSPS) is 46.5. The van der Waals surface area contributed by atoms with Gasteiger partial charge in [-0.2, -0.15) is 0 Å². The van der Waals surface area contributed by atoms with Gasteiger partial charge >= 0.3 is 0 Å². The molecule has 4 aliphatic carbocycles. The highest BCUT2D eigenvalue weighted by Gasteiger charge is 2.59. The van der Waals surface area contributed by atoms with E-state index in [2.05, 4.69) is 40.7 Å². The summed E-state index contributed by atoms with van der Waals surface area (Å²) in [5, 5.41) is 10.2. The van der Waals surface area contributed by atoms with Crippen molar-refractivity contribution in [3.63, 3.8) is 0 Å². The monoisotopic (exact) mass is 386 g/mol. The summed E-state index contributed by atoms with van der Waals surface area (Å²) in [6, 6.07) is 0. The zero-order valence-corrected chi connectivity index (χ0v) is 19.3. The molecule has 0 radical (unpaired) electrons. The van der Waals surface area contributed by atoms with Gasteiger partial charge < -0.3 is 5.11 Å². The van der Waals surface area contributed by atoms with E-state index in [0.29, 0.717) is 10.8 Å². The summed E-state index contributed by atoms with van der Waals surface area (Å²) in [6.45, 7) is 12.6. The standard InChI is InChI=1S/C27H46O/c1-18(2)7-6-8-19(3)23-11-12-24-22-10-9-20-17-21(28)13-15-26(20,4)25(22)14-16-27(23,24)5/h9,18-19,21-25,28H,6-8,10-17H2,1-5H3/t19-,21-,22+,23-,24+,25+,26+,27-/m0/s1. The van der Waals surface area contributed by atoms with Gasteiger partial charge in [0.1, 0.15) is 0 Å². The van der Waals surface area contributed by atoms with E-state index < -0.39 is 0 Å². The predicted octanol–water partition coefficient (Wildman–Crippen LogP) is 7.39. The summed E-state index contributed by atoms with van der Waals surface area (Å²) >= 11 is 0. The van der Waals surface area contributed by atoms with Crippen molar-refractivity contribution < 1.29 is 5.11 Å². The van der Waals surface area contributed by atoms with Crippen LogP contribution in [0.5, 0.6) is 0 Å². The number of fused-ring (bicyclic) bond motifs is 5. The first kappa shape index (κ1) is 21.0. The molecular formula is C27H46O. The first-order chi connectivity index (χ1) is 13.3. The van der Waals surface area contributed by atoms with Gasteiger partial charge in [0.25, 0.3) is 0 Å². The molecule has 0 unspecified atom stereocenters. The lowest BCUT2D eigenvalue weighted by Gasteiger charge is -2.58. The molecular weight excluding hydrogens is 340 g/mol.